The Hall–Kier alpha value is -0.120. The van der Waals surface area contributed by atoms with Gasteiger partial charge >= 0.3 is 0 Å². The number of hydrogen-bond acceptors (Lipinski definition) is 3. The van der Waals surface area contributed by atoms with E-state index >= 15 is 0 Å². The second kappa shape index (κ2) is 6.88. The second-order valence-corrected chi connectivity index (χ2v) is 7.33. The van der Waals surface area contributed by atoms with Crippen molar-refractivity contribution in [1.82, 2.24) is 0 Å². The van der Waals surface area contributed by atoms with E-state index in [0.717, 1.165) is 24.2 Å². The lowest BCUT2D eigenvalue weighted by Crippen LogP contribution is -2.31. The fourth-order valence-electron chi connectivity index (χ4n) is 2.42. The first-order valence-corrected chi connectivity index (χ1v) is 8.86. The Kier molecular flexibility index (Phi) is 5.46. The molecule has 1 N–H and O–H groups in total. The quantitative estimate of drug-likeness (QED) is 0.904. The fourth-order valence-corrected chi connectivity index (χ4v) is 5.55. The minimum absolute atomic E-state index is 0.320. The molecule has 3 atom stereocenters. The van der Waals surface area contributed by atoms with Gasteiger partial charge in [-0.25, -0.2) is 0 Å². The SMILES string of the molecule is CCc1cccc(C(O)C2SCCSC2CC)c1. The topological polar surface area (TPSA) is 20.2 Å². The van der Waals surface area contributed by atoms with Gasteiger partial charge in [-0.2, -0.15) is 23.5 Å². The highest BCUT2D eigenvalue weighted by Gasteiger charge is 2.31. The van der Waals surface area contributed by atoms with E-state index in [9.17, 15) is 5.11 Å². The molecule has 1 aromatic carbocycles. The summed E-state index contributed by atoms with van der Waals surface area (Å²) in [5, 5.41) is 11.6. The van der Waals surface area contributed by atoms with Gasteiger partial charge in [-0.3, -0.25) is 0 Å². The molecule has 0 saturated carbocycles. The van der Waals surface area contributed by atoms with Crippen LogP contribution in [0.2, 0.25) is 0 Å². The van der Waals surface area contributed by atoms with Crippen LogP contribution in [0, 0.1) is 0 Å². The number of hydrogen-bond donors (Lipinski definition) is 1. The summed E-state index contributed by atoms with van der Waals surface area (Å²) in [6.07, 6.45) is 1.86. The highest BCUT2D eigenvalue weighted by Crippen LogP contribution is 2.40. The summed E-state index contributed by atoms with van der Waals surface area (Å²) in [5.41, 5.74) is 2.40. The Morgan fingerprint density at radius 2 is 2.06 bits per heavy atom. The van der Waals surface area contributed by atoms with Crippen molar-refractivity contribution in [3.05, 3.63) is 35.4 Å². The molecule has 0 spiro atoms. The maximum absolute atomic E-state index is 10.6. The van der Waals surface area contributed by atoms with Crippen LogP contribution in [-0.4, -0.2) is 27.1 Å². The number of rotatable bonds is 4. The largest absolute Gasteiger partial charge is 0.387 e. The predicted molar refractivity (Wildman–Crippen MR) is 83.6 cm³/mol. The van der Waals surface area contributed by atoms with Crippen molar-refractivity contribution in [3.8, 4) is 0 Å². The molecule has 1 fully saturated rings. The average molecular weight is 282 g/mol. The molecule has 1 heterocycles. The van der Waals surface area contributed by atoms with Crippen molar-refractivity contribution >= 4 is 23.5 Å². The Morgan fingerprint density at radius 1 is 1.28 bits per heavy atom. The van der Waals surface area contributed by atoms with E-state index in [-0.39, 0.29) is 6.10 Å². The summed E-state index contributed by atoms with van der Waals surface area (Å²) < 4.78 is 0. The van der Waals surface area contributed by atoms with Crippen molar-refractivity contribution in [3.63, 3.8) is 0 Å². The maximum Gasteiger partial charge on any atom is 0.0919 e. The van der Waals surface area contributed by atoms with Crippen LogP contribution in [0.5, 0.6) is 0 Å². The van der Waals surface area contributed by atoms with E-state index in [0.29, 0.717) is 10.5 Å². The van der Waals surface area contributed by atoms with Gasteiger partial charge in [0.2, 0.25) is 0 Å². The van der Waals surface area contributed by atoms with Gasteiger partial charge in [0.1, 0.15) is 0 Å². The van der Waals surface area contributed by atoms with Crippen LogP contribution in [0.1, 0.15) is 37.5 Å². The number of thioether (sulfide) groups is 2. The monoisotopic (exact) mass is 282 g/mol. The molecule has 1 aromatic rings. The van der Waals surface area contributed by atoms with E-state index in [1.807, 2.05) is 23.5 Å². The highest BCUT2D eigenvalue weighted by molar-refractivity contribution is 8.07. The van der Waals surface area contributed by atoms with E-state index < -0.39 is 0 Å². The van der Waals surface area contributed by atoms with E-state index in [1.165, 1.54) is 11.3 Å². The van der Waals surface area contributed by atoms with E-state index in [1.54, 1.807) is 0 Å². The Morgan fingerprint density at radius 3 is 2.78 bits per heavy atom. The molecule has 1 saturated heterocycles. The molecule has 2 rings (SSSR count). The first kappa shape index (κ1) is 14.3. The summed E-state index contributed by atoms with van der Waals surface area (Å²) >= 11 is 3.96. The van der Waals surface area contributed by atoms with Crippen LogP contribution in [0.15, 0.2) is 24.3 Å². The summed E-state index contributed by atoms with van der Waals surface area (Å²) in [7, 11) is 0. The number of aliphatic hydroxyl groups is 1. The summed E-state index contributed by atoms with van der Waals surface area (Å²) in [6, 6.07) is 8.43. The second-order valence-electron chi connectivity index (χ2n) is 4.70. The van der Waals surface area contributed by atoms with Crippen LogP contribution in [0.4, 0.5) is 0 Å². The van der Waals surface area contributed by atoms with E-state index in [4.69, 9.17) is 0 Å². The molecule has 3 heteroatoms. The standard InChI is InChI=1S/C15H22OS2/c1-3-11-6-5-7-12(10-11)14(16)15-13(4-2)17-8-9-18-15/h5-7,10,13-16H,3-4,8-9H2,1-2H3. The predicted octanol–water partition coefficient (Wildman–Crippen LogP) is 3.91. The van der Waals surface area contributed by atoms with Crippen LogP contribution in [0.3, 0.4) is 0 Å². The molecule has 1 nitrogen and oxygen atoms in total. The molecule has 3 unspecified atom stereocenters. The smallest absolute Gasteiger partial charge is 0.0919 e. The molecule has 1 aliphatic rings. The zero-order chi connectivity index (χ0) is 13.0. The van der Waals surface area contributed by atoms with Gasteiger partial charge < -0.3 is 5.11 Å². The number of aryl methyl sites for hydroxylation is 1. The zero-order valence-corrected chi connectivity index (χ0v) is 12.8. The average Bonchev–Trinajstić information content (AvgIpc) is 2.46. The van der Waals surface area contributed by atoms with Crippen molar-refractivity contribution < 1.29 is 5.11 Å². The van der Waals surface area contributed by atoms with Crippen LogP contribution < -0.4 is 0 Å². The minimum Gasteiger partial charge on any atom is -0.387 e. The molecule has 0 aliphatic carbocycles. The molecule has 18 heavy (non-hydrogen) atoms. The van der Waals surface area contributed by atoms with Crippen LogP contribution in [0.25, 0.3) is 0 Å². The summed E-state index contributed by atoms with van der Waals surface area (Å²) in [5.74, 6) is 2.39. The Bertz CT molecular complexity index is 381. The van der Waals surface area contributed by atoms with Gasteiger partial charge in [-0.15, -0.1) is 0 Å². The third-order valence-corrected chi connectivity index (χ3v) is 6.84. The lowest BCUT2D eigenvalue weighted by atomic mass is 10.00. The third kappa shape index (κ3) is 3.25. The van der Waals surface area contributed by atoms with Gasteiger partial charge in [0.25, 0.3) is 0 Å². The van der Waals surface area contributed by atoms with Crippen molar-refractivity contribution in [2.24, 2.45) is 0 Å². The first-order chi connectivity index (χ1) is 8.76. The molecule has 0 radical (unpaired) electrons. The maximum atomic E-state index is 10.6. The molecular weight excluding hydrogens is 260 g/mol. The first-order valence-electron chi connectivity index (χ1n) is 6.76. The molecule has 100 valence electrons. The molecule has 0 amide bonds. The highest BCUT2D eigenvalue weighted by atomic mass is 32.2. The minimum atomic E-state index is -0.320. The van der Waals surface area contributed by atoms with Crippen LogP contribution >= 0.6 is 23.5 Å². The van der Waals surface area contributed by atoms with Crippen molar-refractivity contribution in [2.45, 2.75) is 43.3 Å². The van der Waals surface area contributed by atoms with Crippen LogP contribution in [-0.2, 0) is 6.42 Å². The fraction of sp³-hybridized carbons (Fsp3) is 0.600. The Balaban J connectivity index is 2.15. The summed E-state index contributed by atoms with van der Waals surface area (Å²) in [4.78, 5) is 0. The van der Waals surface area contributed by atoms with Gasteiger partial charge in [-0.1, -0.05) is 38.1 Å². The number of aliphatic hydroxyl groups excluding tert-OH is 1. The molecule has 0 bridgehead atoms. The lowest BCUT2D eigenvalue weighted by molar-refractivity contribution is 0.172. The van der Waals surface area contributed by atoms with Gasteiger partial charge in [0, 0.05) is 22.0 Å². The van der Waals surface area contributed by atoms with E-state index in [2.05, 4.69) is 38.1 Å². The molecular formula is C15H22OS2. The molecule has 1 aliphatic heterocycles. The summed E-state index contributed by atoms with van der Waals surface area (Å²) in [6.45, 7) is 4.39. The van der Waals surface area contributed by atoms with Crippen molar-refractivity contribution in [2.75, 3.05) is 11.5 Å². The Labute approximate surface area is 119 Å². The normalized spacial score (nSPS) is 25.9. The van der Waals surface area contributed by atoms with Crippen molar-refractivity contribution in [1.29, 1.82) is 0 Å². The van der Waals surface area contributed by atoms with Gasteiger partial charge in [0.05, 0.1) is 6.10 Å². The van der Waals surface area contributed by atoms with Gasteiger partial charge in [0.15, 0.2) is 0 Å². The third-order valence-electron chi connectivity index (χ3n) is 3.51. The lowest BCUT2D eigenvalue weighted by Gasteiger charge is -2.33. The molecule has 0 aromatic heterocycles. The number of benzene rings is 1. The zero-order valence-electron chi connectivity index (χ0n) is 11.1. The van der Waals surface area contributed by atoms with Gasteiger partial charge in [-0.05, 0) is 24.0 Å².